The molecular weight excluding hydrogens is 432 g/mol. The second kappa shape index (κ2) is 34.8. The summed E-state index contributed by atoms with van der Waals surface area (Å²) < 4.78 is 4.88. The van der Waals surface area contributed by atoms with E-state index in [1.807, 2.05) is 6.08 Å². The molecule has 0 N–H and O–H groups in total. The van der Waals surface area contributed by atoms with Gasteiger partial charge in [0.15, 0.2) is 0 Å². The van der Waals surface area contributed by atoms with Gasteiger partial charge in [0.1, 0.15) is 6.29 Å². The maximum absolute atomic E-state index is 10.5. The molecule has 3 nitrogen and oxygen atoms in total. The average molecular weight is 493 g/mol. The first kappa shape index (κ1) is 35.8. The lowest BCUT2D eigenvalue weighted by Gasteiger charge is -2.02. The zero-order chi connectivity index (χ0) is 26.1. The maximum Gasteiger partial charge on any atom is 0.302 e. The Kier molecular flexibility index (Phi) is 35.6. The number of esters is 1. The van der Waals surface area contributed by atoms with E-state index in [4.69, 9.17) is 4.74 Å². The molecule has 0 fully saturated rings. The minimum atomic E-state index is -0.161. The fourth-order valence-electron chi connectivity index (χ4n) is 4.06. The highest BCUT2D eigenvalue weighted by Gasteiger charge is 1.95. The Hall–Kier alpha value is -1.38. The summed E-state index contributed by atoms with van der Waals surface area (Å²) in [4.78, 5) is 20.5. The van der Waals surface area contributed by atoms with E-state index in [1.165, 1.54) is 135 Å². The van der Waals surface area contributed by atoms with Gasteiger partial charge < -0.3 is 4.74 Å². The van der Waals surface area contributed by atoms with Crippen molar-refractivity contribution in [2.24, 2.45) is 0 Å². The van der Waals surface area contributed by atoms with Gasteiger partial charge in [-0.2, -0.15) is 0 Å². The van der Waals surface area contributed by atoms with Gasteiger partial charge in [-0.25, -0.2) is 0 Å². The summed E-state index contributed by atoms with van der Waals surface area (Å²) in [5.41, 5.74) is 0. The topological polar surface area (TPSA) is 43.4 Å². The first-order valence-electron chi connectivity index (χ1n) is 15.0. The Balaban J connectivity index is 0. The molecule has 0 heterocycles. The van der Waals surface area contributed by atoms with E-state index in [0.29, 0.717) is 6.61 Å². The fourth-order valence-corrected chi connectivity index (χ4v) is 4.06. The minimum absolute atomic E-state index is 0.161. The number of ether oxygens (including phenoxy) is 1. The number of hydrogen-bond donors (Lipinski definition) is 0. The summed E-state index contributed by atoms with van der Waals surface area (Å²) in [6.45, 7) is 6.41. The van der Waals surface area contributed by atoms with Crippen LogP contribution in [0.3, 0.4) is 0 Å². The van der Waals surface area contributed by atoms with Crippen molar-refractivity contribution in [2.75, 3.05) is 6.61 Å². The first-order chi connectivity index (χ1) is 17.2. The van der Waals surface area contributed by atoms with Crippen LogP contribution < -0.4 is 0 Å². The van der Waals surface area contributed by atoms with Crippen molar-refractivity contribution in [2.45, 2.75) is 162 Å². The maximum atomic E-state index is 10.5. The van der Waals surface area contributed by atoms with Crippen LogP contribution in [0.15, 0.2) is 24.3 Å². The Morgan fingerprint density at radius 3 is 1.40 bits per heavy atom. The minimum Gasteiger partial charge on any atom is -0.466 e. The standard InChI is InChI=1S/C17H32O.C15H28O2/c1-2-3-4-5-6-7-8-9-10-11-12-13-14-15-16-17-18;1-3-4-5-6-7-8-9-10-11-12-13-14-17-15(2)16/h15-17H,2-14H2,1H3;3-4H,5-14H2,1-2H3/b16-15-;4-3-. The van der Waals surface area contributed by atoms with E-state index in [2.05, 4.69) is 26.0 Å². The lowest BCUT2D eigenvalue weighted by Crippen LogP contribution is -2.00. The Bertz CT molecular complexity index is 467. The summed E-state index contributed by atoms with van der Waals surface area (Å²) >= 11 is 0. The van der Waals surface area contributed by atoms with E-state index < -0.39 is 0 Å². The van der Waals surface area contributed by atoms with Gasteiger partial charge in [-0.05, 0) is 45.1 Å². The molecule has 3 heteroatoms. The molecule has 0 aliphatic carbocycles. The molecule has 0 rings (SSSR count). The summed E-state index contributed by atoms with van der Waals surface area (Å²) in [6.07, 6.45) is 38.0. The summed E-state index contributed by atoms with van der Waals surface area (Å²) in [5, 5.41) is 0. The van der Waals surface area contributed by atoms with Crippen LogP contribution >= 0.6 is 0 Å². The third-order valence-electron chi connectivity index (χ3n) is 6.25. The van der Waals surface area contributed by atoms with Crippen LogP contribution in [-0.2, 0) is 14.3 Å². The highest BCUT2D eigenvalue weighted by Crippen LogP contribution is 2.12. The summed E-state index contributed by atoms with van der Waals surface area (Å²) in [5.74, 6) is -0.161. The molecule has 0 unspecified atom stereocenters. The van der Waals surface area contributed by atoms with Crippen molar-refractivity contribution in [1.82, 2.24) is 0 Å². The van der Waals surface area contributed by atoms with Gasteiger partial charge in [0.05, 0.1) is 6.61 Å². The Morgan fingerprint density at radius 1 is 0.600 bits per heavy atom. The number of carbonyl (C=O) groups is 2. The number of allylic oxidation sites excluding steroid dienone is 4. The molecule has 0 saturated heterocycles. The van der Waals surface area contributed by atoms with Crippen molar-refractivity contribution in [3.05, 3.63) is 24.3 Å². The van der Waals surface area contributed by atoms with E-state index in [-0.39, 0.29) is 5.97 Å². The highest BCUT2D eigenvalue weighted by atomic mass is 16.5. The third kappa shape index (κ3) is 40.1. The number of aldehydes is 1. The van der Waals surface area contributed by atoms with E-state index in [1.54, 1.807) is 6.08 Å². The molecule has 0 aromatic carbocycles. The molecule has 0 aliphatic heterocycles. The van der Waals surface area contributed by atoms with Crippen LogP contribution in [0.25, 0.3) is 0 Å². The zero-order valence-corrected chi connectivity index (χ0v) is 23.9. The molecule has 206 valence electrons. The second-order valence-electron chi connectivity index (χ2n) is 9.77. The van der Waals surface area contributed by atoms with Gasteiger partial charge in [-0.3, -0.25) is 9.59 Å². The van der Waals surface area contributed by atoms with Crippen LogP contribution in [0.5, 0.6) is 0 Å². The smallest absolute Gasteiger partial charge is 0.302 e. The molecule has 0 spiro atoms. The van der Waals surface area contributed by atoms with Gasteiger partial charge in [0.25, 0.3) is 0 Å². The molecule has 0 radical (unpaired) electrons. The van der Waals surface area contributed by atoms with E-state index in [9.17, 15) is 9.59 Å². The molecule has 0 bridgehead atoms. The number of unbranched alkanes of at least 4 members (excludes halogenated alkanes) is 20. The van der Waals surface area contributed by atoms with Crippen molar-refractivity contribution >= 4 is 12.3 Å². The lowest BCUT2D eigenvalue weighted by atomic mass is 10.0. The van der Waals surface area contributed by atoms with E-state index in [0.717, 1.165) is 19.1 Å². The predicted octanol–water partition coefficient (Wildman–Crippen LogP) is 10.5. The van der Waals surface area contributed by atoms with Crippen molar-refractivity contribution in [1.29, 1.82) is 0 Å². The molecule has 35 heavy (non-hydrogen) atoms. The number of carbonyl (C=O) groups excluding carboxylic acids is 2. The molecule has 0 atom stereocenters. The summed E-state index contributed by atoms with van der Waals surface area (Å²) in [7, 11) is 0. The van der Waals surface area contributed by atoms with Crippen molar-refractivity contribution in [3.63, 3.8) is 0 Å². The van der Waals surface area contributed by atoms with Crippen LogP contribution in [-0.4, -0.2) is 18.9 Å². The summed E-state index contributed by atoms with van der Waals surface area (Å²) in [6, 6.07) is 0. The molecule has 0 amide bonds. The highest BCUT2D eigenvalue weighted by molar-refractivity contribution is 5.65. The normalized spacial score (nSPS) is 11.1. The third-order valence-corrected chi connectivity index (χ3v) is 6.25. The monoisotopic (exact) mass is 492 g/mol. The number of rotatable bonds is 25. The van der Waals surface area contributed by atoms with Gasteiger partial charge in [-0.1, -0.05) is 134 Å². The van der Waals surface area contributed by atoms with Gasteiger partial charge in [0, 0.05) is 6.92 Å². The molecule has 0 saturated carbocycles. The molecule has 0 aromatic heterocycles. The quantitative estimate of drug-likeness (QED) is 0.0418. The number of hydrogen-bond acceptors (Lipinski definition) is 3. The zero-order valence-electron chi connectivity index (χ0n) is 23.9. The van der Waals surface area contributed by atoms with Gasteiger partial charge in [-0.15, -0.1) is 0 Å². The van der Waals surface area contributed by atoms with Crippen LogP contribution in [0, 0.1) is 0 Å². The average Bonchev–Trinajstić information content (AvgIpc) is 2.85. The molecular formula is C32H60O3. The largest absolute Gasteiger partial charge is 0.466 e. The van der Waals surface area contributed by atoms with Crippen LogP contribution in [0.1, 0.15) is 162 Å². The van der Waals surface area contributed by atoms with Crippen molar-refractivity contribution in [3.8, 4) is 0 Å². The van der Waals surface area contributed by atoms with Crippen LogP contribution in [0.2, 0.25) is 0 Å². The lowest BCUT2D eigenvalue weighted by molar-refractivity contribution is -0.141. The van der Waals surface area contributed by atoms with Crippen molar-refractivity contribution < 1.29 is 14.3 Å². The Morgan fingerprint density at radius 2 is 1.00 bits per heavy atom. The van der Waals surface area contributed by atoms with E-state index >= 15 is 0 Å². The van der Waals surface area contributed by atoms with Gasteiger partial charge in [0.2, 0.25) is 0 Å². The fraction of sp³-hybridized carbons (Fsp3) is 0.812. The predicted molar refractivity (Wildman–Crippen MR) is 154 cm³/mol. The molecule has 0 aliphatic rings. The van der Waals surface area contributed by atoms with Gasteiger partial charge >= 0.3 is 5.97 Å². The van der Waals surface area contributed by atoms with Crippen LogP contribution in [0.4, 0.5) is 0 Å². The SMILES string of the molecule is C/C=C\CCCCCCCCCCOC(C)=O.CCCCCCCCCCCCCC/C=C\C=O. The first-order valence-corrected chi connectivity index (χ1v) is 15.0. The Labute approximate surface area is 219 Å². The second-order valence-corrected chi connectivity index (χ2v) is 9.77. The molecule has 0 aromatic rings.